The maximum absolute atomic E-state index is 11.4. The number of benzene rings is 1. The first kappa shape index (κ1) is 12.8. The van der Waals surface area contributed by atoms with Gasteiger partial charge in [0.25, 0.3) is 0 Å². The smallest absolute Gasteiger partial charge is 0.219 e. The van der Waals surface area contributed by atoms with E-state index in [0.717, 1.165) is 19.3 Å². The maximum atomic E-state index is 11.4. The summed E-state index contributed by atoms with van der Waals surface area (Å²) in [6.07, 6.45) is 3.64. The average Bonchev–Trinajstić information content (AvgIpc) is 2.30. The lowest BCUT2D eigenvalue weighted by Crippen LogP contribution is -2.35. The lowest BCUT2D eigenvalue weighted by molar-refractivity contribution is -0.121. The molecule has 1 atom stereocenters. The Morgan fingerprint density at radius 2 is 1.94 bits per heavy atom. The second-order valence-electron chi connectivity index (χ2n) is 4.10. The summed E-state index contributed by atoms with van der Waals surface area (Å²) in [5.74, 6) is 0.148. The van der Waals surface area contributed by atoms with Crippen LogP contribution in [0.5, 0.6) is 0 Å². The standard InChI is InChI=1S/C14H21NO/c1-3-8-13(15-14(16)4-2)11-12-9-6-5-7-10-12/h5-7,9-10,13H,3-4,8,11H2,1-2H3,(H,15,16). The second kappa shape index (κ2) is 7.04. The highest BCUT2D eigenvalue weighted by molar-refractivity contribution is 5.75. The molecule has 16 heavy (non-hydrogen) atoms. The van der Waals surface area contributed by atoms with E-state index in [-0.39, 0.29) is 11.9 Å². The van der Waals surface area contributed by atoms with E-state index in [9.17, 15) is 4.79 Å². The van der Waals surface area contributed by atoms with E-state index in [4.69, 9.17) is 0 Å². The Morgan fingerprint density at radius 1 is 1.25 bits per heavy atom. The van der Waals surface area contributed by atoms with Crippen LogP contribution in [0, 0.1) is 0 Å². The molecule has 0 aromatic heterocycles. The number of nitrogens with one attached hydrogen (secondary N) is 1. The largest absolute Gasteiger partial charge is 0.353 e. The van der Waals surface area contributed by atoms with Gasteiger partial charge in [-0.15, -0.1) is 0 Å². The van der Waals surface area contributed by atoms with Crippen molar-refractivity contribution >= 4 is 5.91 Å². The molecule has 2 nitrogen and oxygen atoms in total. The lowest BCUT2D eigenvalue weighted by atomic mass is 10.0. The minimum absolute atomic E-state index is 0.148. The van der Waals surface area contributed by atoms with Gasteiger partial charge in [0, 0.05) is 12.5 Å². The highest BCUT2D eigenvalue weighted by Crippen LogP contribution is 2.07. The van der Waals surface area contributed by atoms with E-state index in [1.54, 1.807) is 0 Å². The summed E-state index contributed by atoms with van der Waals surface area (Å²) in [5.41, 5.74) is 1.29. The van der Waals surface area contributed by atoms with Gasteiger partial charge in [-0.3, -0.25) is 4.79 Å². The summed E-state index contributed by atoms with van der Waals surface area (Å²) in [7, 11) is 0. The zero-order chi connectivity index (χ0) is 11.8. The van der Waals surface area contributed by atoms with Gasteiger partial charge in [0.15, 0.2) is 0 Å². The molecule has 2 heteroatoms. The fourth-order valence-corrected chi connectivity index (χ4v) is 1.80. The molecule has 0 heterocycles. The summed E-state index contributed by atoms with van der Waals surface area (Å²) >= 11 is 0. The summed E-state index contributed by atoms with van der Waals surface area (Å²) in [6.45, 7) is 4.04. The minimum Gasteiger partial charge on any atom is -0.353 e. The van der Waals surface area contributed by atoms with Crippen LogP contribution in [-0.2, 0) is 11.2 Å². The fraction of sp³-hybridized carbons (Fsp3) is 0.500. The maximum Gasteiger partial charge on any atom is 0.219 e. The first-order valence-corrected chi connectivity index (χ1v) is 6.09. The zero-order valence-corrected chi connectivity index (χ0v) is 10.2. The fourth-order valence-electron chi connectivity index (χ4n) is 1.80. The van der Waals surface area contributed by atoms with Gasteiger partial charge < -0.3 is 5.32 Å². The molecular formula is C14H21NO. The molecule has 0 fully saturated rings. The van der Waals surface area contributed by atoms with Crippen molar-refractivity contribution < 1.29 is 4.79 Å². The van der Waals surface area contributed by atoms with Gasteiger partial charge in [0.05, 0.1) is 0 Å². The van der Waals surface area contributed by atoms with Gasteiger partial charge >= 0.3 is 0 Å². The quantitative estimate of drug-likeness (QED) is 0.783. The van der Waals surface area contributed by atoms with Crippen molar-refractivity contribution in [2.75, 3.05) is 0 Å². The molecule has 0 spiro atoms. The molecule has 0 aliphatic rings. The molecule has 0 radical (unpaired) electrons. The monoisotopic (exact) mass is 219 g/mol. The van der Waals surface area contributed by atoms with Crippen LogP contribution < -0.4 is 5.32 Å². The van der Waals surface area contributed by atoms with Crippen molar-refractivity contribution in [3.8, 4) is 0 Å². The first-order chi connectivity index (χ1) is 7.76. The Balaban J connectivity index is 2.54. The van der Waals surface area contributed by atoms with E-state index >= 15 is 0 Å². The number of amides is 1. The first-order valence-electron chi connectivity index (χ1n) is 6.09. The van der Waals surface area contributed by atoms with E-state index in [0.29, 0.717) is 6.42 Å². The van der Waals surface area contributed by atoms with E-state index in [1.165, 1.54) is 5.56 Å². The van der Waals surface area contributed by atoms with Crippen molar-refractivity contribution in [3.63, 3.8) is 0 Å². The molecule has 1 amide bonds. The third-order valence-corrected chi connectivity index (χ3v) is 2.65. The molecule has 1 N–H and O–H groups in total. The molecule has 0 bridgehead atoms. The molecule has 1 aromatic rings. The van der Waals surface area contributed by atoms with Gasteiger partial charge in [-0.05, 0) is 18.4 Å². The molecule has 0 aliphatic heterocycles. The van der Waals surface area contributed by atoms with Crippen LogP contribution in [0.4, 0.5) is 0 Å². The average molecular weight is 219 g/mol. The normalized spacial score (nSPS) is 12.1. The van der Waals surface area contributed by atoms with Crippen LogP contribution in [0.2, 0.25) is 0 Å². The predicted molar refractivity (Wildman–Crippen MR) is 67.3 cm³/mol. The third-order valence-electron chi connectivity index (χ3n) is 2.65. The van der Waals surface area contributed by atoms with Crippen LogP contribution in [0.3, 0.4) is 0 Å². The van der Waals surface area contributed by atoms with Crippen molar-refractivity contribution in [1.82, 2.24) is 5.32 Å². The zero-order valence-electron chi connectivity index (χ0n) is 10.2. The molecule has 0 aliphatic carbocycles. The van der Waals surface area contributed by atoms with Crippen LogP contribution in [-0.4, -0.2) is 11.9 Å². The topological polar surface area (TPSA) is 29.1 Å². The van der Waals surface area contributed by atoms with Crippen molar-refractivity contribution in [1.29, 1.82) is 0 Å². The van der Waals surface area contributed by atoms with Gasteiger partial charge in [-0.25, -0.2) is 0 Å². The van der Waals surface area contributed by atoms with Crippen molar-refractivity contribution in [2.45, 2.75) is 45.6 Å². The summed E-state index contributed by atoms with van der Waals surface area (Å²) < 4.78 is 0. The van der Waals surface area contributed by atoms with Crippen molar-refractivity contribution in [3.05, 3.63) is 35.9 Å². The molecular weight excluding hydrogens is 198 g/mol. The number of rotatable bonds is 6. The SMILES string of the molecule is CCCC(Cc1ccccc1)NC(=O)CC. The minimum atomic E-state index is 0.148. The summed E-state index contributed by atoms with van der Waals surface area (Å²) in [4.78, 5) is 11.4. The molecule has 88 valence electrons. The van der Waals surface area contributed by atoms with Gasteiger partial charge in [0.1, 0.15) is 0 Å². The second-order valence-corrected chi connectivity index (χ2v) is 4.10. The molecule has 1 aromatic carbocycles. The van der Waals surface area contributed by atoms with E-state index < -0.39 is 0 Å². The molecule has 1 unspecified atom stereocenters. The Hall–Kier alpha value is -1.31. The third kappa shape index (κ3) is 4.47. The predicted octanol–water partition coefficient (Wildman–Crippen LogP) is 2.92. The van der Waals surface area contributed by atoms with E-state index in [1.807, 2.05) is 25.1 Å². The van der Waals surface area contributed by atoms with Crippen LogP contribution in [0.1, 0.15) is 38.7 Å². The molecule has 0 saturated heterocycles. The number of carbonyl (C=O) groups excluding carboxylic acids is 1. The molecule has 0 saturated carbocycles. The number of hydrogen-bond donors (Lipinski definition) is 1. The van der Waals surface area contributed by atoms with Crippen LogP contribution in [0.25, 0.3) is 0 Å². The Labute approximate surface area is 98.1 Å². The van der Waals surface area contributed by atoms with E-state index in [2.05, 4.69) is 24.4 Å². The number of carbonyl (C=O) groups is 1. The highest BCUT2D eigenvalue weighted by atomic mass is 16.1. The lowest BCUT2D eigenvalue weighted by Gasteiger charge is -2.17. The molecule has 1 rings (SSSR count). The highest BCUT2D eigenvalue weighted by Gasteiger charge is 2.10. The van der Waals surface area contributed by atoms with Gasteiger partial charge in [0.2, 0.25) is 5.91 Å². The summed E-state index contributed by atoms with van der Waals surface area (Å²) in [6, 6.07) is 10.6. The van der Waals surface area contributed by atoms with Gasteiger partial charge in [-0.1, -0.05) is 50.6 Å². The van der Waals surface area contributed by atoms with Crippen LogP contribution >= 0.6 is 0 Å². The van der Waals surface area contributed by atoms with Crippen molar-refractivity contribution in [2.24, 2.45) is 0 Å². The Bertz CT molecular complexity index is 308. The summed E-state index contributed by atoms with van der Waals surface area (Å²) in [5, 5.41) is 3.08. The number of hydrogen-bond acceptors (Lipinski definition) is 1. The Kier molecular flexibility index (Phi) is 5.62. The Morgan fingerprint density at radius 3 is 2.50 bits per heavy atom. The van der Waals surface area contributed by atoms with Crippen LogP contribution in [0.15, 0.2) is 30.3 Å². The van der Waals surface area contributed by atoms with Gasteiger partial charge in [-0.2, -0.15) is 0 Å².